The summed E-state index contributed by atoms with van der Waals surface area (Å²) < 4.78 is 19.0. The Morgan fingerprint density at radius 2 is 1.82 bits per heavy atom. The number of methoxy groups -OCH3 is 1. The summed E-state index contributed by atoms with van der Waals surface area (Å²) in [6, 6.07) is 12.9. The molecule has 0 aliphatic carbocycles. The number of aromatic nitrogens is 1. The first-order valence-corrected chi connectivity index (χ1v) is 13.5. The largest absolute Gasteiger partial charge is 0.493 e. The molecule has 0 saturated carbocycles. The van der Waals surface area contributed by atoms with Gasteiger partial charge in [-0.25, -0.2) is 9.79 Å². The van der Waals surface area contributed by atoms with Gasteiger partial charge in [0.15, 0.2) is 16.3 Å². The van der Waals surface area contributed by atoms with E-state index in [1.807, 2.05) is 37.3 Å². The van der Waals surface area contributed by atoms with Crippen molar-refractivity contribution >= 4 is 23.4 Å². The normalized spacial score (nSPS) is 15.7. The topological polar surface area (TPSA) is 79.1 Å². The van der Waals surface area contributed by atoms with Crippen LogP contribution in [-0.2, 0) is 14.9 Å². The molecule has 4 rings (SSSR count). The number of allylic oxidation sites excluding steroid dienone is 1. The van der Waals surface area contributed by atoms with Crippen LogP contribution in [0.1, 0.15) is 64.3 Å². The number of para-hydroxylation sites is 1. The molecule has 0 N–H and O–H groups in total. The first-order valence-electron chi connectivity index (χ1n) is 12.7. The Labute approximate surface area is 226 Å². The highest BCUT2D eigenvalue weighted by atomic mass is 32.1. The minimum absolute atomic E-state index is 0.0356. The van der Waals surface area contributed by atoms with Crippen LogP contribution in [0.25, 0.3) is 6.08 Å². The van der Waals surface area contributed by atoms with Crippen molar-refractivity contribution in [2.45, 2.75) is 53.0 Å². The van der Waals surface area contributed by atoms with E-state index in [1.54, 1.807) is 31.6 Å². The molecule has 1 atom stereocenters. The second kappa shape index (κ2) is 11.0. The third kappa shape index (κ3) is 5.18. The van der Waals surface area contributed by atoms with E-state index in [2.05, 4.69) is 37.9 Å². The van der Waals surface area contributed by atoms with Crippen molar-refractivity contribution in [3.8, 4) is 11.5 Å². The van der Waals surface area contributed by atoms with Crippen molar-refractivity contribution in [2.75, 3.05) is 20.3 Å². The maximum absolute atomic E-state index is 13.9. The molecule has 2 heterocycles. The maximum atomic E-state index is 13.9. The second-order valence-electron chi connectivity index (χ2n) is 9.99. The Morgan fingerprint density at radius 3 is 2.42 bits per heavy atom. The van der Waals surface area contributed by atoms with E-state index in [9.17, 15) is 9.59 Å². The van der Waals surface area contributed by atoms with Crippen LogP contribution in [0.3, 0.4) is 0 Å². The van der Waals surface area contributed by atoms with Gasteiger partial charge in [0, 0.05) is 5.56 Å². The molecule has 1 aromatic heterocycles. The Balaban J connectivity index is 1.96. The number of rotatable bonds is 7. The van der Waals surface area contributed by atoms with Crippen LogP contribution in [0.4, 0.5) is 0 Å². The number of hydrogen-bond acceptors (Lipinski definition) is 7. The summed E-state index contributed by atoms with van der Waals surface area (Å²) in [5.74, 6) is 0.477. The smallest absolute Gasteiger partial charge is 0.338 e. The fraction of sp³-hybridized carbons (Fsp3) is 0.367. The van der Waals surface area contributed by atoms with Crippen molar-refractivity contribution in [3.05, 3.63) is 90.1 Å². The van der Waals surface area contributed by atoms with Crippen LogP contribution in [0.15, 0.2) is 63.5 Å². The third-order valence-electron chi connectivity index (χ3n) is 6.40. The second-order valence-corrected chi connectivity index (χ2v) is 11.0. The fourth-order valence-electron chi connectivity index (χ4n) is 4.52. The molecule has 38 heavy (non-hydrogen) atoms. The number of esters is 1. The standard InChI is InChI=1S/C30H34N2O5S/c1-8-36-26-21(11-10-12-22(26)35-7)25-24(28(34)37-9-2)18(3)31-29-32(25)27(33)23(38-29)17-19-13-15-20(16-14-19)30(4,5)6/h10-17,25H,8-9H2,1-7H3/b23-17+/t25-/m0/s1. The van der Waals surface area contributed by atoms with Crippen molar-refractivity contribution in [1.82, 2.24) is 4.57 Å². The van der Waals surface area contributed by atoms with Gasteiger partial charge in [0.05, 0.1) is 36.1 Å². The molecular weight excluding hydrogens is 500 g/mol. The SMILES string of the molecule is CCOC(=O)C1=C(C)N=c2s/c(=C/c3ccc(C(C)(C)C)cc3)c(=O)n2[C@H]1c1cccc(OC)c1OCC. The van der Waals surface area contributed by atoms with E-state index in [-0.39, 0.29) is 17.6 Å². The average molecular weight is 535 g/mol. The molecule has 0 radical (unpaired) electrons. The lowest BCUT2D eigenvalue weighted by Gasteiger charge is -2.26. The van der Waals surface area contributed by atoms with Crippen molar-refractivity contribution in [3.63, 3.8) is 0 Å². The van der Waals surface area contributed by atoms with Crippen molar-refractivity contribution in [1.29, 1.82) is 0 Å². The lowest BCUT2D eigenvalue weighted by Crippen LogP contribution is -2.40. The number of nitrogens with zero attached hydrogens (tertiary/aromatic N) is 2. The number of hydrogen-bond donors (Lipinski definition) is 0. The number of ether oxygens (including phenoxy) is 3. The van der Waals surface area contributed by atoms with Gasteiger partial charge in [0.1, 0.15) is 6.04 Å². The molecule has 0 unspecified atom stereocenters. The van der Waals surface area contributed by atoms with E-state index >= 15 is 0 Å². The Kier molecular flexibility index (Phi) is 7.92. The zero-order valence-electron chi connectivity index (χ0n) is 23.0. The highest BCUT2D eigenvalue weighted by molar-refractivity contribution is 7.07. The number of carbonyl (C=O) groups excluding carboxylic acids is 1. The maximum Gasteiger partial charge on any atom is 0.338 e. The lowest BCUT2D eigenvalue weighted by molar-refractivity contribution is -0.139. The molecule has 200 valence electrons. The van der Waals surface area contributed by atoms with Gasteiger partial charge in [-0.2, -0.15) is 0 Å². The van der Waals surface area contributed by atoms with E-state index in [0.29, 0.717) is 44.3 Å². The van der Waals surface area contributed by atoms with E-state index < -0.39 is 12.0 Å². The van der Waals surface area contributed by atoms with Gasteiger partial charge in [0.25, 0.3) is 5.56 Å². The average Bonchev–Trinajstić information content (AvgIpc) is 3.17. The summed E-state index contributed by atoms with van der Waals surface area (Å²) in [7, 11) is 1.56. The molecule has 2 aromatic carbocycles. The van der Waals surface area contributed by atoms with Crippen molar-refractivity contribution < 1.29 is 19.0 Å². The first-order chi connectivity index (χ1) is 18.1. The van der Waals surface area contributed by atoms with E-state index in [4.69, 9.17) is 14.2 Å². The van der Waals surface area contributed by atoms with Crippen LogP contribution in [-0.4, -0.2) is 30.9 Å². The molecule has 0 spiro atoms. The minimum atomic E-state index is -0.785. The number of thiazole rings is 1. The highest BCUT2D eigenvalue weighted by Gasteiger charge is 2.36. The molecule has 8 heteroatoms. The quantitative estimate of drug-likeness (QED) is 0.417. The number of carbonyl (C=O) groups is 1. The van der Waals surface area contributed by atoms with Gasteiger partial charge < -0.3 is 14.2 Å². The zero-order valence-corrected chi connectivity index (χ0v) is 23.8. The van der Waals surface area contributed by atoms with Crippen LogP contribution in [0.2, 0.25) is 0 Å². The van der Waals surface area contributed by atoms with Gasteiger partial charge in [-0.1, -0.05) is 68.5 Å². The predicted octanol–water partition coefficient (Wildman–Crippen LogP) is 4.50. The molecule has 0 amide bonds. The summed E-state index contributed by atoms with van der Waals surface area (Å²) in [6.45, 7) is 12.5. The Morgan fingerprint density at radius 1 is 1.11 bits per heavy atom. The summed E-state index contributed by atoms with van der Waals surface area (Å²) >= 11 is 1.29. The number of benzene rings is 2. The minimum Gasteiger partial charge on any atom is -0.493 e. The molecule has 0 bridgehead atoms. The highest BCUT2D eigenvalue weighted by Crippen LogP contribution is 2.40. The van der Waals surface area contributed by atoms with Gasteiger partial charge >= 0.3 is 5.97 Å². The van der Waals surface area contributed by atoms with E-state index in [0.717, 1.165) is 5.56 Å². The first kappa shape index (κ1) is 27.4. The summed E-state index contributed by atoms with van der Waals surface area (Å²) in [5.41, 5.74) is 3.36. The zero-order chi connectivity index (χ0) is 27.6. The van der Waals surface area contributed by atoms with Crippen LogP contribution < -0.4 is 24.4 Å². The lowest BCUT2D eigenvalue weighted by atomic mass is 9.87. The Bertz CT molecular complexity index is 1560. The molecule has 1 aliphatic heterocycles. The molecule has 7 nitrogen and oxygen atoms in total. The summed E-state index contributed by atoms with van der Waals surface area (Å²) in [6.07, 6.45) is 1.87. The fourth-order valence-corrected chi connectivity index (χ4v) is 5.57. The molecule has 0 saturated heterocycles. The van der Waals surface area contributed by atoms with Gasteiger partial charge in [-0.3, -0.25) is 9.36 Å². The van der Waals surface area contributed by atoms with Crippen LogP contribution >= 0.6 is 11.3 Å². The Hall–Kier alpha value is -3.65. The molecule has 3 aromatic rings. The molecule has 1 aliphatic rings. The van der Waals surface area contributed by atoms with Crippen LogP contribution in [0, 0.1) is 0 Å². The summed E-state index contributed by atoms with van der Waals surface area (Å²) in [5, 5.41) is 0. The molecule has 0 fully saturated rings. The predicted molar refractivity (Wildman–Crippen MR) is 150 cm³/mol. The monoisotopic (exact) mass is 534 g/mol. The summed E-state index contributed by atoms with van der Waals surface area (Å²) in [4.78, 5) is 32.3. The van der Waals surface area contributed by atoms with Gasteiger partial charge in [0.2, 0.25) is 0 Å². The third-order valence-corrected chi connectivity index (χ3v) is 7.39. The van der Waals surface area contributed by atoms with Crippen LogP contribution in [0.5, 0.6) is 11.5 Å². The van der Waals surface area contributed by atoms with Gasteiger partial charge in [-0.15, -0.1) is 0 Å². The molecular formula is C30H34N2O5S. The van der Waals surface area contributed by atoms with E-state index in [1.165, 1.54) is 16.9 Å². The van der Waals surface area contributed by atoms with Crippen molar-refractivity contribution in [2.24, 2.45) is 4.99 Å². The van der Waals surface area contributed by atoms with Gasteiger partial charge in [-0.05, 0) is 49.5 Å². The number of fused-ring (bicyclic) bond motifs is 1.